The third-order valence-electron chi connectivity index (χ3n) is 5.05. The fourth-order valence-electron chi connectivity index (χ4n) is 3.65. The molecule has 1 aromatic rings. The highest BCUT2D eigenvalue weighted by Crippen LogP contribution is 2.39. The molecule has 1 atom stereocenters. The van der Waals surface area contributed by atoms with Gasteiger partial charge in [0.05, 0.1) is 12.0 Å². The van der Waals surface area contributed by atoms with E-state index in [1.165, 1.54) is 4.88 Å². The quantitative estimate of drug-likeness (QED) is 0.540. The summed E-state index contributed by atoms with van der Waals surface area (Å²) in [5.74, 6) is 1.57. The molecule has 0 aliphatic heterocycles. The van der Waals surface area contributed by atoms with Crippen LogP contribution >= 0.6 is 11.3 Å². The Bertz CT molecular complexity index is 577. The van der Waals surface area contributed by atoms with Gasteiger partial charge in [-0.15, -0.1) is 11.3 Å². The predicted octanol–water partition coefficient (Wildman–Crippen LogP) is 3.13. The van der Waals surface area contributed by atoms with Gasteiger partial charge >= 0.3 is 0 Å². The Hall–Kier alpha value is -1.56. The SMILES string of the molecule is CCNC(=NCC1(C(=O)N(C)C)CCCC1)NCC(C)Cc1cccs1. The molecule has 1 unspecified atom stereocenters. The van der Waals surface area contributed by atoms with Crippen molar-refractivity contribution in [1.29, 1.82) is 0 Å². The molecule has 5 nitrogen and oxygen atoms in total. The van der Waals surface area contributed by atoms with Crippen molar-refractivity contribution in [2.75, 3.05) is 33.7 Å². The molecule has 1 aliphatic rings. The van der Waals surface area contributed by atoms with Crippen LogP contribution in [0.1, 0.15) is 44.4 Å². The number of thiophene rings is 1. The van der Waals surface area contributed by atoms with E-state index in [1.54, 1.807) is 4.90 Å². The molecule has 1 amide bonds. The fourth-order valence-corrected chi connectivity index (χ4v) is 4.52. The van der Waals surface area contributed by atoms with E-state index >= 15 is 0 Å². The van der Waals surface area contributed by atoms with E-state index in [1.807, 2.05) is 25.4 Å². The maximum Gasteiger partial charge on any atom is 0.230 e. The van der Waals surface area contributed by atoms with Gasteiger partial charge in [-0.1, -0.05) is 25.8 Å². The number of aliphatic imine (C=N–C) groups is 1. The number of carbonyl (C=O) groups excluding carboxylic acids is 1. The molecule has 26 heavy (non-hydrogen) atoms. The molecular formula is C20H34N4OS. The summed E-state index contributed by atoms with van der Waals surface area (Å²) in [6, 6.07) is 4.30. The maximum atomic E-state index is 12.7. The number of amides is 1. The molecule has 1 aromatic heterocycles. The van der Waals surface area contributed by atoms with Gasteiger partial charge in [-0.3, -0.25) is 9.79 Å². The van der Waals surface area contributed by atoms with Crippen LogP contribution in [-0.4, -0.2) is 50.5 Å². The lowest BCUT2D eigenvalue weighted by atomic mass is 9.85. The minimum atomic E-state index is -0.311. The van der Waals surface area contributed by atoms with Crippen LogP contribution < -0.4 is 10.6 Å². The van der Waals surface area contributed by atoms with Crippen molar-refractivity contribution < 1.29 is 4.79 Å². The standard InChI is InChI=1S/C20H34N4OS/c1-5-21-19(22-14-16(2)13-17-9-8-12-26-17)23-15-20(10-6-7-11-20)18(25)24(3)4/h8-9,12,16H,5-7,10-11,13-15H2,1-4H3,(H2,21,22,23). The maximum absolute atomic E-state index is 12.7. The van der Waals surface area contributed by atoms with Crippen LogP contribution in [0.4, 0.5) is 0 Å². The van der Waals surface area contributed by atoms with Gasteiger partial charge in [0.25, 0.3) is 0 Å². The molecule has 0 radical (unpaired) electrons. The van der Waals surface area contributed by atoms with Crippen molar-refractivity contribution in [3.63, 3.8) is 0 Å². The lowest BCUT2D eigenvalue weighted by molar-refractivity contribution is -0.138. The number of hydrogen-bond donors (Lipinski definition) is 2. The summed E-state index contributed by atoms with van der Waals surface area (Å²) in [6.07, 6.45) is 5.21. The molecule has 2 N–H and O–H groups in total. The first-order chi connectivity index (χ1) is 12.5. The van der Waals surface area contributed by atoms with Gasteiger partial charge < -0.3 is 15.5 Å². The minimum absolute atomic E-state index is 0.223. The summed E-state index contributed by atoms with van der Waals surface area (Å²) in [7, 11) is 3.70. The van der Waals surface area contributed by atoms with Gasteiger partial charge in [0.15, 0.2) is 5.96 Å². The lowest BCUT2D eigenvalue weighted by Crippen LogP contribution is -2.43. The fraction of sp³-hybridized carbons (Fsp3) is 0.700. The van der Waals surface area contributed by atoms with Gasteiger partial charge in [-0.25, -0.2) is 0 Å². The third kappa shape index (κ3) is 5.73. The molecule has 146 valence electrons. The summed E-state index contributed by atoms with van der Waals surface area (Å²) < 4.78 is 0. The molecular weight excluding hydrogens is 344 g/mol. The molecule has 0 spiro atoms. The first-order valence-electron chi connectivity index (χ1n) is 9.73. The van der Waals surface area contributed by atoms with E-state index in [0.717, 1.165) is 51.2 Å². The van der Waals surface area contributed by atoms with Crippen LogP contribution in [0, 0.1) is 11.3 Å². The smallest absolute Gasteiger partial charge is 0.230 e. The van der Waals surface area contributed by atoms with Crippen molar-refractivity contribution >= 4 is 23.2 Å². The van der Waals surface area contributed by atoms with Gasteiger partial charge in [-0.05, 0) is 43.6 Å². The van der Waals surface area contributed by atoms with E-state index in [2.05, 4.69) is 42.0 Å². The van der Waals surface area contributed by atoms with E-state index in [9.17, 15) is 4.79 Å². The zero-order valence-corrected chi connectivity index (χ0v) is 17.5. The molecule has 1 aliphatic carbocycles. The highest BCUT2D eigenvalue weighted by atomic mass is 32.1. The van der Waals surface area contributed by atoms with E-state index in [0.29, 0.717) is 12.5 Å². The molecule has 1 fully saturated rings. The third-order valence-corrected chi connectivity index (χ3v) is 5.95. The highest BCUT2D eigenvalue weighted by Gasteiger charge is 2.42. The van der Waals surface area contributed by atoms with Crippen LogP contribution in [0.25, 0.3) is 0 Å². The monoisotopic (exact) mass is 378 g/mol. The number of guanidine groups is 1. The Balaban J connectivity index is 1.95. The summed E-state index contributed by atoms with van der Waals surface area (Å²) in [6.45, 7) is 6.59. The summed E-state index contributed by atoms with van der Waals surface area (Å²) in [5, 5.41) is 8.91. The molecule has 2 rings (SSSR count). The highest BCUT2D eigenvalue weighted by molar-refractivity contribution is 7.09. The Morgan fingerprint density at radius 1 is 1.35 bits per heavy atom. The predicted molar refractivity (Wildman–Crippen MR) is 111 cm³/mol. The van der Waals surface area contributed by atoms with Crippen molar-refractivity contribution in [2.45, 2.75) is 46.0 Å². The van der Waals surface area contributed by atoms with Gasteiger partial charge in [0.2, 0.25) is 5.91 Å². The molecule has 1 saturated carbocycles. The second-order valence-electron chi connectivity index (χ2n) is 7.65. The topological polar surface area (TPSA) is 56.7 Å². The normalized spacial score (nSPS) is 17.8. The van der Waals surface area contributed by atoms with E-state index in [-0.39, 0.29) is 11.3 Å². The zero-order chi connectivity index (χ0) is 19.0. The van der Waals surface area contributed by atoms with Gasteiger partial charge in [0.1, 0.15) is 0 Å². The minimum Gasteiger partial charge on any atom is -0.357 e. The average Bonchev–Trinajstić information content (AvgIpc) is 3.29. The van der Waals surface area contributed by atoms with Crippen molar-refractivity contribution in [1.82, 2.24) is 15.5 Å². The van der Waals surface area contributed by atoms with Gasteiger partial charge in [0, 0.05) is 32.1 Å². The van der Waals surface area contributed by atoms with Crippen molar-refractivity contribution in [3.05, 3.63) is 22.4 Å². The summed E-state index contributed by atoms with van der Waals surface area (Å²) >= 11 is 1.81. The number of hydrogen-bond acceptors (Lipinski definition) is 3. The zero-order valence-electron chi connectivity index (χ0n) is 16.7. The molecule has 0 saturated heterocycles. The van der Waals surface area contributed by atoms with Crippen LogP contribution in [0.3, 0.4) is 0 Å². The molecule has 0 aromatic carbocycles. The van der Waals surface area contributed by atoms with Crippen LogP contribution in [0.2, 0.25) is 0 Å². The second kappa shape index (κ2) is 9.95. The van der Waals surface area contributed by atoms with E-state index in [4.69, 9.17) is 4.99 Å². The summed E-state index contributed by atoms with van der Waals surface area (Å²) in [5.41, 5.74) is -0.311. The Morgan fingerprint density at radius 3 is 2.65 bits per heavy atom. The molecule has 0 bridgehead atoms. The largest absolute Gasteiger partial charge is 0.357 e. The summed E-state index contributed by atoms with van der Waals surface area (Å²) in [4.78, 5) is 20.6. The van der Waals surface area contributed by atoms with Crippen LogP contribution in [-0.2, 0) is 11.2 Å². The number of rotatable bonds is 8. The first kappa shape index (κ1) is 20.7. The van der Waals surface area contributed by atoms with Gasteiger partial charge in [-0.2, -0.15) is 0 Å². The van der Waals surface area contributed by atoms with E-state index < -0.39 is 0 Å². The average molecular weight is 379 g/mol. The molecule has 6 heteroatoms. The number of carbonyl (C=O) groups is 1. The first-order valence-corrected chi connectivity index (χ1v) is 10.6. The van der Waals surface area contributed by atoms with Crippen molar-refractivity contribution in [3.8, 4) is 0 Å². The second-order valence-corrected chi connectivity index (χ2v) is 8.68. The van der Waals surface area contributed by atoms with Crippen LogP contribution in [0.15, 0.2) is 22.5 Å². The number of nitrogens with one attached hydrogen (secondary N) is 2. The number of nitrogens with zero attached hydrogens (tertiary/aromatic N) is 2. The Morgan fingerprint density at radius 2 is 2.08 bits per heavy atom. The molecule has 1 heterocycles. The van der Waals surface area contributed by atoms with Crippen LogP contribution in [0.5, 0.6) is 0 Å². The van der Waals surface area contributed by atoms with Crippen molar-refractivity contribution in [2.24, 2.45) is 16.3 Å². The Labute approximate surface area is 162 Å². The lowest BCUT2D eigenvalue weighted by Gasteiger charge is -2.29. The Kier molecular flexibility index (Phi) is 7.94.